The number of ether oxygens (including phenoxy) is 3. The summed E-state index contributed by atoms with van der Waals surface area (Å²) in [7, 11) is 0. The molecule has 33 heavy (non-hydrogen) atoms. The van der Waals surface area contributed by atoms with Crippen LogP contribution in [0.4, 0.5) is 10.1 Å². The molecule has 0 fully saturated rings. The van der Waals surface area contributed by atoms with E-state index in [0.29, 0.717) is 39.5 Å². The molecule has 0 aliphatic carbocycles. The van der Waals surface area contributed by atoms with Crippen molar-refractivity contribution >= 4 is 17.4 Å². The van der Waals surface area contributed by atoms with Crippen molar-refractivity contribution in [1.82, 2.24) is 15.2 Å². The number of aromatic nitrogens is 3. The van der Waals surface area contributed by atoms with Crippen LogP contribution in [0.1, 0.15) is 17.4 Å². The van der Waals surface area contributed by atoms with Gasteiger partial charge in [0.25, 0.3) is 0 Å². The lowest BCUT2D eigenvalue weighted by molar-refractivity contribution is 0.173. The van der Waals surface area contributed by atoms with Gasteiger partial charge in [0.1, 0.15) is 5.82 Å². The third-order valence-corrected chi connectivity index (χ3v) is 6.23. The Morgan fingerprint density at radius 3 is 2.76 bits per heavy atom. The van der Waals surface area contributed by atoms with Gasteiger partial charge in [-0.25, -0.2) is 4.39 Å². The molecular formula is C24H17FN4O3S. The van der Waals surface area contributed by atoms with Crippen molar-refractivity contribution in [3.8, 4) is 28.6 Å². The van der Waals surface area contributed by atoms with Crippen molar-refractivity contribution < 1.29 is 18.6 Å². The van der Waals surface area contributed by atoms with Gasteiger partial charge in [0, 0.05) is 22.6 Å². The van der Waals surface area contributed by atoms with E-state index in [1.165, 1.54) is 17.8 Å². The minimum Gasteiger partial charge on any atom is -0.454 e. The van der Waals surface area contributed by atoms with Crippen molar-refractivity contribution in [2.24, 2.45) is 0 Å². The number of hydrogen-bond acceptors (Lipinski definition) is 8. The van der Waals surface area contributed by atoms with Crippen LogP contribution in [0.25, 0.3) is 11.3 Å². The molecule has 0 saturated carbocycles. The lowest BCUT2D eigenvalue weighted by atomic mass is 10.1. The number of rotatable bonds is 4. The molecule has 164 valence electrons. The fourth-order valence-corrected chi connectivity index (χ4v) is 4.46. The molecule has 2 aliphatic rings. The fourth-order valence-electron chi connectivity index (χ4n) is 3.69. The van der Waals surface area contributed by atoms with E-state index in [9.17, 15) is 4.39 Å². The Morgan fingerprint density at radius 1 is 0.970 bits per heavy atom. The van der Waals surface area contributed by atoms with E-state index in [1.54, 1.807) is 18.2 Å². The number of nitrogens with one attached hydrogen (secondary N) is 1. The van der Waals surface area contributed by atoms with Gasteiger partial charge < -0.3 is 19.5 Å². The van der Waals surface area contributed by atoms with Crippen molar-refractivity contribution in [3.63, 3.8) is 0 Å². The molecule has 3 heterocycles. The summed E-state index contributed by atoms with van der Waals surface area (Å²) in [5.74, 6) is 1.83. The smallest absolute Gasteiger partial charge is 0.247 e. The zero-order valence-electron chi connectivity index (χ0n) is 17.2. The zero-order valence-corrected chi connectivity index (χ0v) is 18.0. The minimum absolute atomic E-state index is 0.198. The van der Waals surface area contributed by atoms with Crippen LogP contribution in [0.3, 0.4) is 0 Å². The van der Waals surface area contributed by atoms with Crippen LogP contribution in [0, 0.1) is 5.82 Å². The molecule has 7 nitrogen and oxygen atoms in total. The highest BCUT2D eigenvalue weighted by Crippen LogP contribution is 2.41. The van der Waals surface area contributed by atoms with E-state index < -0.39 is 6.23 Å². The SMILES string of the molecule is Fc1ccccc1CSc1nnc2c(n1)OC(c1ccc3c(c1)OCO3)Nc1ccccc1-2. The number of hydrogen-bond donors (Lipinski definition) is 1. The Balaban J connectivity index is 1.35. The minimum atomic E-state index is -0.539. The third-order valence-electron chi connectivity index (χ3n) is 5.35. The number of para-hydroxylation sites is 1. The molecule has 4 aromatic rings. The lowest BCUT2D eigenvalue weighted by Gasteiger charge is -2.19. The Morgan fingerprint density at radius 2 is 1.82 bits per heavy atom. The van der Waals surface area contributed by atoms with Gasteiger partial charge in [0.15, 0.2) is 23.4 Å². The standard InChI is InChI=1S/C24H17FN4O3S/c25-17-7-3-1-5-15(17)12-33-24-27-23-21(28-29-24)16-6-2-4-8-18(16)26-22(32-23)14-9-10-19-20(11-14)31-13-30-19/h1-11,22,26H,12-13H2. The third kappa shape index (κ3) is 3.80. The number of benzene rings is 3. The molecule has 1 unspecified atom stereocenters. The van der Waals surface area contributed by atoms with Crippen molar-refractivity contribution in [3.05, 3.63) is 83.7 Å². The molecule has 2 aliphatic heterocycles. The molecule has 9 heteroatoms. The van der Waals surface area contributed by atoms with Gasteiger partial charge in [-0.1, -0.05) is 48.2 Å². The number of thioether (sulfide) groups is 1. The summed E-state index contributed by atoms with van der Waals surface area (Å²) in [6, 6.07) is 20.1. The molecule has 1 N–H and O–H groups in total. The van der Waals surface area contributed by atoms with Crippen molar-refractivity contribution in [2.45, 2.75) is 17.1 Å². The van der Waals surface area contributed by atoms with Gasteiger partial charge in [-0.05, 0) is 35.9 Å². The quantitative estimate of drug-likeness (QED) is 0.416. The van der Waals surface area contributed by atoms with Gasteiger partial charge >= 0.3 is 0 Å². The molecule has 1 aromatic heterocycles. The average Bonchev–Trinajstić information content (AvgIpc) is 3.25. The first-order chi connectivity index (χ1) is 16.2. The van der Waals surface area contributed by atoms with E-state index in [1.807, 2.05) is 42.5 Å². The van der Waals surface area contributed by atoms with Crippen LogP contribution in [-0.4, -0.2) is 22.0 Å². The second-order valence-electron chi connectivity index (χ2n) is 7.43. The van der Waals surface area contributed by atoms with E-state index in [0.717, 1.165) is 16.8 Å². The summed E-state index contributed by atoms with van der Waals surface area (Å²) in [6.07, 6.45) is -0.539. The Bertz CT molecular complexity index is 1350. The number of halogens is 1. The number of anilines is 1. The lowest BCUT2D eigenvalue weighted by Crippen LogP contribution is -2.17. The highest BCUT2D eigenvalue weighted by molar-refractivity contribution is 7.98. The highest BCUT2D eigenvalue weighted by atomic mass is 32.2. The second kappa shape index (κ2) is 8.25. The molecule has 0 amide bonds. The Kier molecular flexibility index (Phi) is 4.95. The van der Waals surface area contributed by atoms with Crippen LogP contribution in [0.2, 0.25) is 0 Å². The van der Waals surface area contributed by atoms with Crippen LogP contribution in [0.5, 0.6) is 17.4 Å². The van der Waals surface area contributed by atoms with Crippen LogP contribution in [0.15, 0.2) is 71.9 Å². The molecule has 0 radical (unpaired) electrons. The van der Waals surface area contributed by atoms with E-state index in [-0.39, 0.29) is 12.6 Å². The molecule has 3 aromatic carbocycles. The fraction of sp³-hybridized carbons (Fsp3) is 0.125. The Labute approximate surface area is 192 Å². The molecule has 1 atom stereocenters. The van der Waals surface area contributed by atoms with E-state index in [2.05, 4.69) is 20.5 Å². The topological polar surface area (TPSA) is 78.4 Å². The van der Waals surface area contributed by atoms with Gasteiger partial charge in [-0.2, -0.15) is 4.98 Å². The van der Waals surface area contributed by atoms with Gasteiger partial charge in [-0.3, -0.25) is 0 Å². The first-order valence-electron chi connectivity index (χ1n) is 10.3. The van der Waals surface area contributed by atoms with Gasteiger partial charge in [0.05, 0.1) is 0 Å². The maximum Gasteiger partial charge on any atom is 0.247 e. The molecule has 6 rings (SSSR count). The maximum absolute atomic E-state index is 14.0. The molecule has 0 saturated heterocycles. The monoisotopic (exact) mass is 460 g/mol. The van der Waals surface area contributed by atoms with Crippen molar-refractivity contribution in [2.75, 3.05) is 12.1 Å². The summed E-state index contributed by atoms with van der Waals surface area (Å²) in [4.78, 5) is 4.61. The van der Waals surface area contributed by atoms with Crippen LogP contribution >= 0.6 is 11.8 Å². The molecular weight excluding hydrogens is 443 g/mol. The summed E-state index contributed by atoms with van der Waals surface area (Å²) in [6.45, 7) is 0.198. The summed E-state index contributed by atoms with van der Waals surface area (Å²) >= 11 is 1.30. The molecule has 0 spiro atoms. The zero-order chi connectivity index (χ0) is 22.2. The summed E-state index contributed by atoms with van der Waals surface area (Å²) in [5.41, 5.74) is 3.65. The van der Waals surface area contributed by atoms with Crippen LogP contribution < -0.4 is 19.5 Å². The normalized spacial score (nSPS) is 15.6. The Hall–Kier alpha value is -3.85. The van der Waals surface area contributed by atoms with Crippen LogP contribution in [-0.2, 0) is 5.75 Å². The van der Waals surface area contributed by atoms with Gasteiger partial charge in [-0.15, -0.1) is 10.2 Å². The largest absolute Gasteiger partial charge is 0.454 e. The van der Waals surface area contributed by atoms with E-state index in [4.69, 9.17) is 14.2 Å². The number of fused-ring (bicyclic) bond motifs is 4. The average molecular weight is 460 g/mol. The maximum atomic E-state index is 14.0. The predicted molar refractivity (Wildman–Crippen MR) is 121 cm³/mol. The predicted octanol–water partition coefficient (Wildman–Crippen LogP) is 5.20. The summed E-state index contributed by atoms with van der Waals surface area (Å²) < 4.78 is 31.2. The number of nitrogens with zero attached hydrogens (tertiary/aromatic N) is 3. The first kappa shape index (κ1) is 19.8. The second-order valence-corrected chi connectivity index (χ2v) is 8.37. The summed E-state index contributed by atoms with van der Waals surface area (Å²) in [5, 5.41) is 12.5. The van der Waals surface area contributed by atoms with Gasteiger partial charge in [0.2, 0.25) is 17.8 Å². The first-order valence-corrected chi connectivity index (χ1v) is 11.3. The molecule has 0 bridgehead atoms. The van der Waals surface area contributed by atoms with Crippen molar-refractivity contribution in [1.29, 1.82) is 0 Å². The highest BCUT2D eigenvalue weighted by Gasteiger charge is 2.27. The van der Waals surface area contributed by atoms with E-state index >= 15 is 0 Å².